The average molecular weight is 305 g/mol. The molecule has 2 heterocycles. The summed E-state index contributed by atoms with van der Waals surface area (Å²) in [5, 5.41) is 7.37. The first kappa shape index (κ1) is 15.2. The van der Waals surface area contributed by atoms with Gasteiger partial charge in [-0.2, -0.15) is 5.10 Å². The summed E-state index contributed by atoms with van der Waals surface area (Å²) in [4.78, 5) is 24.1. The number of ether oxygens (including phenoxy) is 1. The Morgan fingerprint density at radius 3 is 2.91 bits per heavy atom. The van der Waals surface area contributed by atoms with Crippen molar-refractivity contribution in [2.75, 3.05) is 19.8 Å². The monoisotopic (exact) mass is 305 g/mol. The van der Waals surface area contributed by atoms with Gasteiger partial charge in [0, 0.05) is 31.7 Å². The van der Waals surface area contributed by atoms with E-state index in [0.717, 1.165) is 49.8 Å². The van der Waals surface area contributed by atoms with Gasteiger partial charge < -0.3 is 10.1 Å². The summed E-state index contributed by atoms with van der Waals surface area (Å²) < 4.78 is 6.74. The average Bonchev–Trinajstić information content (AvgIpc) is 2.56. The molecule has 1 aliphatic carbocycles. The highest BCUT2D eigenvalue weighted by atomic mass is 16.5. The second-order valence-electron chi connectivity index (χ2n) is 6.06. The van der Waals surface area contributed by atoms with Gasteiger partial charge in [-0.15, -0.1) is 0 Å². The third-order valence-corrected chi connectivity index (χ3v) is 4.49. The number of fused-ring (bicyclic) bond motifs is 1. The summed E-state index contributed by atoms with van der Waals surface area (Å²) >= 11 is 0. The fraction of sp³-hybridized carbons (Fsp3) is 0.688. The maximum Gasteiger partial charge on any atom is 0.267 e. The van der Waals surface area contributed by atoms with E-state index in [0.29, 0.717) is 26.3 Å². The molecule has 3 rings (SSSR count). The molecule has 22 heavy (non-hydrogen) atoms. The lowest BCUT2D eigenvalue weighted by Crippen LogP contribution is -2.37. The normalized spacial score (nSPS) is 18.7. The van der Waals surface area contributed by atoms with Crippen LogP contribution < -0.4 is 10.9 Å². The maximum absolute atomic E-state index is 12.0. The molecule has 1 fully saturated rings. The van der Waals surface area contributed by atoms with Crippen LogP contribution >= 0.6 is 0 Å². The zero-order valence-corrected chi connectivity index (χ0v) is 12.8. The first-order chi connectivity index (χ1) is 10.7. The van der Waals surface area contributed by atoms with E-state index < -0.39 is 0 Å². The molecule has 1 amide bonds. The molecule has 0 spiro atoms. The van der Waals surface area contributed by atoms with E-state index in [2.05, 4.69) is 10.4 Å². The summed E-state index contributed by atoms with van der Waals surface area (Å²) in [6.45, 7) is 2.19. The number of nitrogens with zero attached hydrogens (tertiary/aromatic N) is 2. The van der Waals surface area contributed by atoms with Gasteiger partial charge in [0.15, 0.2) is 0 Å². The minimum Gasteiger partial charge on any atom is -0.381 e. The molecule has 1 saturated heterocycles. The fourth-order valence-corrected chi connectivity index (χ4v) is 3.15. The first-order valence-corrected chi connectivity index (χ1v) is 8.19. The molecule has 6 heteroatoms. The Balaban J connectivity index is 1.55. The van der Waals surface area contributed by atoms with Crippen molar-refractivity contribution in [3.05, 3.63) is 27.7 Å². The highest BCUT2D eigenvalue weighted by molar-refractivity contribution is 5.78. The summed E-state index contributed by atoms with van der Waals surface area (Å²) in [5.41, 5.74) is 2.07. The Bertz CT molecular complexity index is 591. The quantitative estimate of drug-likeness (QED) is 0.887. The van der Waals surface area contributed by atoms with Crippen molar-refractivity contribution in [3.63, 3.8) is 0 Å². The van der Waals surface area contributed by atoms with Crippen LogP contribution in [0.2, 0.25) is 0 Å². The Kier molecular flexibility index (Phi) is 4.87. The third-order valence-electron chi connectivity index (χ3n) is 4.49. The molecule has 0 aromatic carbocycles. The summed E-state index contributed by atoms with van der Waals surface area (Å²) in [5.74, 6) is 0.108. The molecule has 2 aliphatic rings. The molecule has 1 aromatic heterocycles. The second-order valence-corrected chi connectivity index (χ2v) is 6.06. The number of carbonyl (C=O) groups is 1. The molecule has 1 aliphatic heterocycles. The standard InChI is InChI=1S/C16H23N3O3/c20-15-11-13-3-1-2-4-14(13)18-19(15)8-7-17-16(21)12-5-9-22-10-6-12/h11-12H,1-10H2,(H,17,21). The number of carbonyl (C=O) groups excluding carboxylic acids is 1. The maximum atomic E-state index is 12.0. The molecule has 1 N–H and O–H groups in total. The Morgan fingerprint density at radius 1 is 1.32 bits per heavy atom. The van der Waals surface area contributed by atoms with Gasteiger partial charge >= 0.3 is 0 Å². The molecule has 0 atom stereocenters. The van der Waals surface area contributed by atoms with Gasteiger partial charge in [0.05, 0.1) is 12.2 Å². The molecule has 1 aromatic rings. The van der Waals surface area contributed by atoms with Gasteiger partial charge in [0.2, 0.25) is 5.91 Å². The second kappa shape index (κ2) is 7.05. The van der Waals surface area contributed by atoms with E-state index in [4.69, 9.17) is 4.74 Å². The Labute approximate surface area is 129 Å². The predicted molar refractivity (Wildman–Crippen MR) is 81.7 cm³/mol. The van der Waals surface area contributed by atoms with Crippen molar-refractivity contribution in [2.45, 2.75) is 45.1 Å². The predicted octanol–water partition coefficient (Wildman–Crippen LogP) is 0.665. The van der Waals surface area contributed by atoms with Crippen LogP contribution in [-0.2, 0) is 28.9 Å². The van der Waals surface area contributed by atoms with Crippen molar-refractivity contribution in [2.24, 2.45) is 5.92 Å². The molecule has 6 nitrogen and oxygen atoms in total. The van der Waals surface area contributed by atoms with Gasteiger partial charge in [-0.3, -0.25) is 9.59 Å². The highest BCUT2D eigenvalue weighted by Crippen LogP contribution is 2.17. The number of nitrogens with one attached hydrogen (secondary N) is 1. The topological polar surface area (TPSA) is 73.2 Å². The number of rotatable bonds is 4. The molecule has 0 unspecified atom stereocenters. The van der Waals surface area contributed by atoms with E-state index in [1.165, 1.54) is 4.68 Å². The number of aromatic nitrogens is 2. The Morgan fingerprint density at radius 2 is 2.09 bits per heavy atom. The molecule has 0 saturated carbocycles. The van der Waals surface area contributed by atoms with Gasteiger partial charge in [-0.25, -0.2) is 4.68 Å². The molecular formula is C16H23N3O3. The van der Waals surface area contributed by atoms with E-state index in [1.807, 2.05) is 0 Å². The minimum atomic E-state index is -0.0686. The zero-order chi connectivity index (χ0) is 15.4. The lowest BCUT2D eigenvalue weighted by atomic mass is 9.97. The van der Waals surface area contributed by atoms with Crippen LogP contribution in [0.5, 0.6) is 0 Å². The third kappa shape index (κ3) is 3.55. The van der Waals surface area contributed by atoms with Crippen LogP contribution in [0.4, 0.5) is 0 Å². The van der Waals surface area contributed by atoms with Crippen LogP contribution in [0, 0.1) is 5.92 Å². The van der Waals surface area contributed by atoms with Gasteiger partial charge in [-0.1, -0.05) is 0 Å². The largest absolute Gasteiger partial charge is 0.381 e. The van der Waals surface area contributed by atoms with Crippen LogP contribution in [0.3, 0.4) is 0 Å². The number of aryl methyl sites for hydroxylation is 2. The summed E-state index contributed by atoms with van der Waals surface area (Å²) in [6, 6.07) is 1.71. The molecule has 120 valence electrons. The van der Waals surface area contributed by atoms with E-state index >= 15 is 0 Å². The van der Waals surface area contributed by atoms with Crippen LogP contribution in [-0.4, -0.2) is 35.4 Å². The van der Waals surface area contributed by atoms with Crippen LogP contribution in [0.1, 0.15) is 36.9 Å². The van der Waals surface area contributed by atoms with Crippen LogP contribution in [0.15, 0.2) is 10.9 Å². The van der Waals surface area contributed by atoms with Crippen molar-refractivity contribution < 1.29 is 9.53 Å². The highest BCUT2D eigenvalue weighted by Gasteiger charge is 2.21. The summed E-state index contributed by atoms with van der Waals surface area (Å²) in [6.07, 6.45) is 5.74. The van der Waals surface area contributed by atoms with E-state index in [-0.39, 0.29) is 17.4 Å². The van der Waals surface area contributed by atoms with Gasteiger partial charge in [-0.05, 0) is 44.1 Å². The molecule has 0 radical (unpaired) electrons. The number of amides is 1. The van der Waals surface area contributed by atoms with Crippen molar-refractivity contribution in [1.29, 1.82) is 0 Å². The first-order valence-electron chi connectivity index (χ1n) is 8.19. The van der Waals surface area contributed by atoms with Gasteiger partial charge in [0.25, 0.3) is 5.56 Å². The van der Waals surface area contributed by atoms with Gasteiger partial charge in [0.1, 0.15) is 0 Å². The number of hydrogen-bond donors (Lipinski definition) is 1. The smallest absolute Gasteiger partial charge is 0.267 e. The van der Waals surface area contributed by atoms with Crippen molar-refractivity contribution >= 4 is 5.91 Å². The fourth-order valence-electron chi connectivity index (χ4n) is 3.15. The van der Waals surface area contributed by atoms with E-state index in [1.54, 1.807) is 6.07 Å². The molecular weight excluding hydrogens is 282 g/mol. The lowest BCUT2D eigenvalue weighted by Gasteiger charge is -2.21. The number of hydrogen-bond acceptors (Lipinski definition) is 4. The summed E-state index contributed by atoms with van der Waals surface area (Å²) in [7, 11) is 0. The Hall–Kier alpha value is -1.69. The minimum absolute atomic E-state index is 0.0435. The van der Waals surface area contributed by atoms with Crippen molar-refractivity contribution in [3.8, 4) is 0 Å². The molecule has 0 bridgehead atoms. The zero-order valence-electron chi connectivity index (χ0n) is 12.8. The van der Waals surface area contributed by atoms with E-state index in [9.17, 15) is 9.59 Å². The van der Waals surface area contributed by atoms with Crippen LogP contribution in [0.25, 0.3) is 0 Å². The lowest BCUT2D eigenvalue weighted by molar-refractivity contribution is -0.127. The SMILES string of the molecule is O=C(NCCn1nc2c(cc1=O)CCCC2)C1CCOCC1. The van der Waals surface area contributed by atoms with Crippen molar-refractivity contribution in [1.82, 2.24) is 15.1 Å².